The van der Waals surface area contributed by atoms with E-state index >= 15 is 0 Å². The van der Waals surface area contributed by atoms with Crippen LogP contribution in [0.4, 0.5) is 0 Å². The highest BCUT2D eigenvalue weighted by Gasteiger charge is 2.10. The molecule has 0 atom stereocenters. The van der Waals surface area contributed by atoms with Gasteiger partial charge in [0.2, 0.25) is 0 Å². The van der Waals surface area contributed by atoms with Crippen molar-refractivity contribution in [2.75, 3.05) is 6.54 Å². The van der Waals surface area contributed by atoms with Crippen molar-refractivity contribution in [3.63, 3.8) is 0 Å². The molecule has 0 saturated carbocycles. The van der Waals surface area contributed by atoms with Gasteiger partial charge in [0.1, 0.15) is 5.76 Å². The maximum atomic E-state index is 11.4. The number of nitrogens with zero attached hydrogens (tertiary/aromatic N) is 1. The fraction of sp³-hybridized carbons (Fsp3) is 0.600. The molecule has 1 aromatic heterocycles. The Balaban J connectivity index is 2.44. The van der Waals surface area contributed by atoms with E-state index in [1.165, 1.54) is 0 Å². The van der Waals surface area contributed by atoms with Crippen LogP contribution < -0.4 is 5.32 Å². The van der Waals surface area contributed by atoms with Crippen molar-refractivity contribution in [1.29, 1.82) is 0 Å². The second-order valence-electron chi connectivity index (χ2n) is 3.14. The van der Waals surface area contributed by atoms with Crippen molar-refractivity contribution in [3.05, 3.63) is 17.5 Å². The Bertz CT molecular complexity index is 294. The van der Waals surface area contributed by atoms with Gasteiger partial charge in [0, 0.05) is 19.0 Å². The second-order valence-corrected chi connectivity index (χ2v) is 3.14. The van der Waals surface area contributed by atoms with E-state index < -0.39 is 0 Å². The third-order valence-corrected chi connectivity index (χ3v) is 1.96. The molecule has 0 aliphatic rings. The van der Waals surface area contributed by atoms with Crippen molar-refractivity contribution in [1.82, 2.24) is 10.5 Å². The first-order valence-electron chi connectivity index (χ1n) is 5.01. The molecule has 1 amide bonds. The topological polar surface area (TPSA) is 55.1 Å². The van der Waals surface area contributed by atoms with Crippen LogP contribution in [0.1, 0.15) is 42.9 Å². The van der Waals surface area contributed by atoms with Crippen LogP contribution in [-0.2, 0) is 6.42 Å². The number of amides is 1. The summed E-state index contributed by atoms with van der Waals surface area (Å²) in [7, 11) is 0. The molecule has 4 nitrogen and oxygen atoms in total. The number of aromatic nitrogens is 1. The van der Waals surface area contributed by atoms with Crippen molar-refractivity contribution < 1.29 is 9.32 Å². The van der Waals surface area contributed by atoms with Gasteiger partial charge >= 0.3 is 0 Å². The third kappa shape index (κ3) is 2.87. The fourth-order valence-corrected chi connectivity index (χ4v) is 1.06. The van der Waals surface area contributed by atoms with E-state index in [1.54, 1.807) is 6.07 Å². The molecule has 0 saturated heterocycles. The lowest BCUT2D eigenvalue weighted by atomic mass is 10.3. The van der Waals surface area contributed by atoms with Crippen molar-refractivity contribution in [2.24, 2.45) is 0 Å². The summed E-state index contributed by atoms with van der Waals surface area (Å²) in [5.74, 6) is 0.590. The second kappa shape index (κ2) is 5.42. The van der Waals surface area contributed by atoms with Crippen LogP contribution in [0.2, 0.25) is 0 Å². The van der Waals surface area contributed by atoms with Gasteiger partial charge in [-0.2, -0.15) is 0 Å². The van der Waals surface area contributed by atoms with Crippen LogP contribution in [0.5, 0.6) is 0 Å². The molecule has 1 aromatic rings. The number of aryl methyl sites for hydroxylation is 1. The lowest BCUT2D eigenvalue weighted by Gasteiger charge is -1.99. The van der Waals surface area contributed by atoms with Gasteiger partial charge in [0.05, 0.1) is 0 Å². The molecular weight excluding hydrogens is 180 g/mol. The molecule has 0 spiro atoms. The minimum absolute atomic E-state index is 0.151. The molecule has 0 fully saturated rings. The summed E-state index contributed by atoms with van der Waals surface area (Å²) >= 11 is 0. The first-order valence-corrected chi connectivity index (χ1v) is 5.01. The van der Waals surface area contributed by atoms with Crippen LogP contribution in [0.3, 0.4) is 0 Å². The van der Waals surface area contributed by atoms with E-state index in [-0.39, 0.29) is 5.91 Å². The van der Waals surface area contributed by atoms with Crippen LogP contribution >= 0.6 is 0 Å². The van der Waals surface area contributed by atoms with Crippen LogP contribution in [0, 0.1) is 0 Å². The first kappa shape index (κ1) is 10.8. The third-order valence-electron chi connectivity index (χ3n) is 1.96. The minimum atomic E-state index is -0.151. The number of carbonyl (C=O) groups excluding carboxylic acids is 1. The molecule has 14 heavy (non-hydrogen) atoms. The Morgan fingerprint density at radius 2 is 2.36 bits per heavy atom. The number of hydrogen-bond donors (Lipinski definition) is 1. The van der Waals surface area contributed by atoms with Crippen LogP contribution in [0.15, 0.2) is 10.6 Å². The highest BCUT2D eigenvalue weighted by molar-refractivity contribution is 5.92. The van der Waals surface area contributed by atoms with Gasteiger partial charge < -0.3 is 9.84 Å². The Labute approximate surface area is 83.7 Å². The Hall–Kier alpha value is -1.32. The Kier molecular flexibility index (Phi) is 4.16. The molecule has 1 rings (SSSR count). The van der Waals surface area contributed by atoms with E-state index in [9.17, 15) is 4.79 Å². The van der Waals surface area contributed by atoms with Gasteiger partial charge in [0.25, 0.3) is 5.91 Å². The smallest absolute Gasteiger partial charge is 0.273 e. The summed E-state index contributed by atoms with van der Waals surface area (Å²) in [6.45, 7) is 4.74. The zero-order valence-electron chi connectivity index (χ0n) is 8.67. The summed E-state index contributed by atoms with van der Waals surface area (Å²) in [5.41, 5.74) is 0.373. The van der Waals surface area contributed by atoms with Crippen molar-refractivity contribution in [2.45, 2.75) is 33.1 Å². The van der Waals surface area contributed by atoms with E-state index in [4.69, 9.17) is 4.52 Å². The molecule has 1 heterocycles. The zero-order valence-corrected chi connectivity index (χ0v) is 8.67. The number of nitrogens with one attached hydrogen (secondary N) is 1. The van der Waals surface area contributed by atoms with Crippen molar-refractivity contribution in [3.8, 4) is 0 Å². The van der Waals surface area contributed by atoms with Crippen LogP contribution in [-0.4, -0.2) is 17.6 Å². The van der Waals surface area contributed by atoms with E-state index in [2.05, 4.69) is 17.4 Å². The quantitative estimate of drug-likeness (QED) is 0.730. The van der Waals surface area contributed by atoms with E-state index in [1.807, 2.05) is 6.92 Å². The van der Waals surface area contributed by atoms with Gasteiger partial charge in [-0.1, -0.05) is 25.4 Å². The average molecular weight is 196 g/mol. The van der Waals surface area contributed by atoms with Gasteiger partial charge in [-0.3, -0.25) is 4.79 Å². The van der Waals surface area contributed by atoms with Crippen molar-refractivity contribution >= 4 is 5.91 Å². The summed E-state index contributed by atoms with van der Waals surface area (Å²) in [6.07, 6.45) is 2.82. The standard InChI is InChI=1S/C10H16N2O2/c1-3-5-6-11-10(13)9-7-8(4-2)14-12-9/h7H,3-6H2,1-2H3,(H,11,13). The van der Waals surface area contributed by atoms with Gasteiger partial charge in [-0.25, -0.2) is 0 Å². The monoisotopic (exact) mass is 196 g/mol. The fourth-order valence-electron chi connectivity index (χ4n) is 1.06. The number of carbonyl (C=O) groups is 1. The number of unbranched alkanes of at least 4 members (excludes halogenated alkanes) is 1. The highest BCUT2D eigenvalue weighted by Crippen LogP contribution is 2.03. The molecule has 0 bridgehead atoms. The summed E-state index contributed by atoms with van der Waals surface area (Å²) in [5, 5.41) is 6.45. The molecule has 0 aromatic carbocycles. The number of hydrogen-bond acceptors (Lipinski definition) is 3. The lowest BCUT2D eigenvalue weighted by molar-refractivity contribution is 0.0944. The SMILES string of the molecule is CCCCNC(=O)c1cc(CC)on1. The average Bonchev–Trinajstić information content (AvgIpc) is 2.66. The zero-order chi connectivity index (χ0) is 10.4. The van der Waals surface area contributed by atoms with Gasteiger partial charge in [-0.05, 0) is 6.42 Å². The minimum Gasteiger partial charge on any atom is -0.361 e. The van der Waals surface area contributed by atoms with E-state index in [0.717, 1.165) is 25.0 Å². The maximum Gasteiger partial charge on any atom is 0.273 e. The first-order chi connectivity index (χ1) is 6.77. The molecule has 1 N–H and O–H groups in total. The maximum absolute atomic E-state index is 11.4. The summed E-state index contributed by atoms with van der Waals surface area (Å²) in [4.78, 5) is 11.4. The highest BCUT2D eigenvalue weighted by atomic mass is 16.5. The predicted molar refractivity (Wildman–Crippen MR) is 53.1 cm³/mol. The lowest BCUT2D eigenvalue weighted by Crippen LogP contribution is -2.24. The van der Waals surface area contributed by atoms with Crippen LogP contribution in [0.25, 0.3) is 0 Å². The molecule has 4 heteroatoms. The van der Waals surface area contributed by atoms with Gasteiger partial charge in [-0.15, -0.1) is 0 Å². The molecule has 78 valence electrons. The summed E-state index contributed by atoms with van der Waals surface area (Å²) < 4.78 is 4.93. The molecule has 0 radical (unpaired) electrons. The predicted octanol–water partition coefficient (Wildman–Crippen LogP) is 1.77. The molecule has 0 aliphatic carbocycles. The molecule has 0 unspecified atom stereocenters. The summed E-state index contributed by atoms with van der Waals surface area (Å²) in [6, 6.07) is 1.68. The Morgan fingerprint density at radius 1 is 1.57 bits per heavy atom. The molecule has 0 aliphatic heterocycles. The molecular formula is C10H16N2O2. The van der Waals surface area contributed by atoms with Gasteiger partial charge in [0.15, 0.2) is 5.69 Å². The Morgan fingerprint density at radius 3 is 2.93 bits per heavy atom. The normalized spacial score (nSPS) is 10.1. The number of rotatable bonds is 5. The largest absolute Gasteiger partial charge is 0.361 e. The van der Waals surface area contributed by atoms with E-state index in [0.29, 0.717) is 12.2 Å².